The first-order valence-electron chi connectivity index (χ1n) is 6.14. The van der Waals surface area contributed by atoms with E-state index in [9.17, 15) is 0 Å². The lowest BCUT2D eigenvalue weighted by molar-refractivity contribution is 0.300. The van der Waals surface area contributed by atoms with Crippen LogP contribution in [0.5, 0.6) is 0 Å². The minimum atomic E-state index is 0.379. The Bertz CT molecular complexity index is 176. The van der Waals surface area contributed by atoms with Gasteiger partial charge in [-0.3, -0.25) is 0 Å². The van der Waals surface area contributed by atoms with Crippen molar-refractivity contribution in [2.45, 2.75) is 64.3 Å². The summed E-state index contributed by atoms with van der Waals surface area (Å²) in [4.78, 5) is 0. The highest BCUT2D eigenvalue weighted by Gasteiger charge is 2.28. The van der Waals surface area contributed by atoms with E-state index in [-0.39, 0.29) is 0 Å². The summed E-state index contributed by atoms with van der Waals surface area (Å²) in [6, 6.07) is 0. The molecule has 1 unspecified atom stereocenters. The maximum absolute atomic E-state index is 4.15. The van der Waals surface area contributed by atoms with Crippen molar-refractivity contribution in [3.63, 3.8) is 0 Å². The molecule has 0 aromatic heterocycles. The summed E-state index contributed by atoms with van der Waals surface area (Å²) < 4.78 is 0. The summed E-state index contributed by atoms with van der Waals surface area (Å²) in [5.41, 5.74) is 1.78. The Balaban J connectivity index is 2.57. The third-order valence-corrected chi connectivity index (χ3v) is 3.60. The van der Waals surface area contributed by atoms with Gasteiger partial charge in [-0.2, -0.15) is 0 Å². The Kier molecular flexibility index (Phi) is 4.67. The van der Waals surface area contributed by atoms with Gasteiger partial charge in [0.25, 0.3) is 0 Å². The number of rotatable bonds is 4. The Morgan fingerprint density at radius 1 is 1.29 bits per heavy atom. The van der Waals surface area contributed by atoms with E-state index in [0.717, 1.165) is 6.42 Å². The third kappa shape index (κ3) is 3.13. The zero-order chi connectivity index (χ0) is 10.4. The van der Waals surface area contributed by atoms with Crippen LogP contribution in [-0.2, 0) is 0 Å². The second-order valence-corrected chi connectivity index (χ2v) is 4.65. The quantitative estimate of drug-likeness (QED) is 0.675. The van der Waals surface area contributed by atoms with E-state index in [1.165, 1.54) is 50.6 Å². The van der Waals surface area contributed by atoms with Crippen molar-refractivity contribution in [2.75, 3.05) is 6.54 Å². The summed E-state index contributed by atoms with van der Waals surface area (Å²) in [6.45, 7) is 9.87. The standard InChI is InChI=1S/C13H25N/c1-4-12(3)11-13(5-2)9-7-6-8-10-14-13/h14H,3-11H2,1-2H3. The molecule has 0 radical (unpaired) electrons. The average molecular weight is 195 g/mol. The zero-order valence-electron chi connectivity index (χ0n) is 9.86. The van der Waals surface area contributed by atoms with Crippen molar-refractivity contribution in [2.24, 2.45) is 0 Å². The van der Waals surface area contributed by atoms with Gasteiger partial charge in [-0.05, 0) is 38.6 Å². The largest absolute Gasteiger partial charge is 0.311 e. The van der Waals surface area contributed by atoms with Gasteiger partial charge in [0.05, 0.1) is 0 Å². The lowest BCUT2D eigenvalue weighted by Crippen LogP contribution is -2.44. The highest BCUT2D eigenvalue weighted by molar-refractivity contribution is 5.04. The molecule has 0 spiro atoms. The van der Waals surface area contributed by atoms with Gasteiger partial charge in [0.1, 0.15) is 0 Å². The molecule has 0 saturated carbocycles. The maximum Gasteiger partial charge on any atom is 0.0215 e. The van der Waals surface area contributed by atoms with Crippen molar-refractivity contribution in [3.8, 4) is 0 Å². The molecule has 0 aliphatic carbocycles. The molecule has 0 bridgehead atoms. The molecular weight excluding hydrogens is 170 g/mol. The molecule has 0 aromatic carbocycles. The molecule has 1 rings (SSSR count). The van der Waals surface area contributed by atoms with E-state index in [1.54, 1.807) is 0 Å². The van der Waals surface area contributed by atoms with Crippen LogP contribution in [0.4, 0.5) is 0 Å². The summed E-state index contributed by atoms with van der Waals surface area (Å²) in [5.74, 6) is 0. The van der Waals surface area contributed by atoms with Crippen molar-refractivity contribution < 1.29 is 0 Å². The third-order valence-electron chi connectivity index (χ3n) is 3.60. The van der Waals surface area contributed by atoms with E-state index in [0.29, 0.717) is 5.54 Å². The van der Waals surface area contributed by atoms with E-state index in [4.69, 9.17) is 0 Å². The van der Waals surface area contributed by atoms with Crippen LogP contribution in [0, 0.1) is 0 Å². The maximum atomic E-state index is 4.15. The second-order valence-electron chi connectivity index (χ2n) is 4.65. The normalized spacial score (nSPS) is 28.4. The lowest BCUT2D eigenvalue weighted by Gasteiger charge is -2.33. The van der Waals surface area contributed by atoms with Crippen LogP contribution >= 0.6 is 0 Å². The predicted octanol–water partition coefficient (Wildman–Crippen LogP) is 3.66. The monoisotopic (exact) mass is 195 g/mol. The van der Waals surface area contributed by atoms with E-state index < -0.39 is 0 Å². The molecule has 1 heterocycles. The Morgan fingerprint density at radius 3 is 2.71 bits per heavy atom. The van der Waals surface area contributed by atoms with Gasteiger partial charge in [0.2, 0.25) is 0 Å². The molecule has 1 heteroatoms. The van der Waals surface area contributed by atoms with Gasteiger partial charge >= 0.3 is 0 Å². The average Bonchev–Trinajstić information content (AvgIpc) is 2.44. The highest BCUT2D eigenvalue weighted by atomic mass is 15.0. The smallest absolute Gasteiger partial charge is 0.0215 e. The molecule has 1 saturated heterocycles. The van der Waals surface area contributed by atoms with Gasteiger partial charge in [-0.1, -0.05) is 38.8 Å². The summed E-state index contributed by atoms with van der Waals surface area (Å²) in [7, 11) is 0. The minimum absolute atomic E-state index is 0.379. The first-order chi connectivity index (χ1) is 6.72. The van der Waals surface area contributed by atoms with Crippen molar-refractivity contribution in [3.05, 3.63) is 12.2 Å². The predicted molar refractivity (Wildman–Crippen MR) is 63.5 cm³/mol. The van der Waals surface area contributed by atoms with Crippen LogP contribution in [0.15, 0.2) is 12.2 Å². The molecule has 14 heavy (non-hydrogen) atoms. The number of hydrogen-bond donors (Lipinski definition) is 1. The van der Waals surface area contributed by atoms with Gasteiger partial charge < -0.3 is 5.32 Å². The molecule has 82 valence electrons. The molecule has 1 atom stereocenters. The van der Waals surface area contributed by atoms with E-state index in [2.05, 4.69) is 25.7 Å². The lowest BCUT2D eigenvalue weighted by atomic mass is 9.84. The van der Waals surface area contributed by atoms with E-state index in [1.807, 2.05) is 0 Å². The molecule has 1 aliphatic rings. The van der Waals surface area contributed by atoms with Crippen LogP contribution in [0.25, 0.3) is 0 Å². The van der Waals surface area contributed by atoms with Crippen molar-refractivity contribution in [1.82, 2.24) is 5.32 Å². The Morgan fingerprint density at radius 2 is 2.07 bits per heavy atom. The SMILES string of the molecule is C=C(CC)CC1(CC)CCCCCN1. The fourth-order valence-corrected chi connectivity index (χ4v) is 2.39. The number of nitrogens with one attached hydrogen (secondary N) is 1. The fourth-order valence-electron chi connectivity index (χ4n) is 2.39. The van der Waals surface area contributed by atoms with Gasteiger partial charge in [-0.15, -0.1) is 0 Å². The topological polar surface area (TPSA) is 12.0 Å². The fraction of sp³-hybridized carbons (Fsp3) is 0.846. The molecule has 1 N–H and O–H groups in total. The van der Waals surface area contributed by atoms with Crippen LogP contribution in [-0.4, -0.2) is 12.1 Å². The molecule has 1 fully saturated rings. The molecule has 1 aliphatic heterocycles. The van der Waals surface area contributed by atoms with E-state index >= 15 is 0 Å². The first kappa shape index (κ1) is 11.8. The van der Waals surface area contributed by atoms with Crippen LogP contribution in [0.3, 0.4) is 0 Å². The second kappa shape index (κ2) is 5.55. The molecular formula is C13H25N. The van der Waals surface area contributed by atoms with Gasteiger partial charge in [0, 0.05) is 5.54 Å². The molecule has 0 aromatic rings. The number of hydrogen-bond acceptors (Lipinski definition) is 1. The highest BCUT2D eigenvalue weighted by Crippen LogP contribution is 2.29. The summed E-state index contributed by atoms with van der Waals surface area (Å²) in [5, 5.41) is 3.75. The Hall–Kier alpha value is -0.300. The van der Waals surface area contributed by atoms with Gasteiger partial charge in [0.15, 0.2) is 0 Å². The van der Waals surface area contributed by atoms with Gasteiger partial charge in [-0.25, -0.2) is 0 Å². The van der Waals surface area contributed by atoms with Crippen LogP contribution < -0.4 is 5.32 Å². The zero-order valence-corrected chi connectivity index (χ0v) is 9.86. The summed E-state index contributed by atoms with van der Waals surface area (Å²) in [6.07, 6.45) is 9.02. The van der Waals surface area contributed by atoms with Crippen molar-refractivity contribution in [1.29, 1.82) is 0 Å². The van der Waals surface area contributed by atoms with Crippen LogP contribution in [0.2, 0.25) is 0 Å². The van der Waals surface area contributed by atoms with Crippen LogP contribution in [0.1, 0.15) is 58.8 Å². The first-order valence-corrected chi connectivity index (χ1v) is 6.14. The minimum Gasteiger partial charge on any atom is -0.311 e. The van der Waals surface area contributed by atoms with Crippen molar-refractivity contribution >= 4 is 0 Å². The molecule has 0 amide bonds. The Labute approximate surface area is 89.0 Å². The summed E-state index contributed by atoms with van der Waals surface area (Å²) >= 11 is 0. The molecule has 1 nitrogen and oxygen atoms in total.